The summed E-state index contributed by atoms with van der Waals surface area (Å²) >= 11 is 0. The number of benzene rings is 1. The Bertz CT molecular complexity index is 635. The molecule has 124 valence electrons. The maximum Gasteiger partial charge on any atom is 0.274 e. The normalized spacial score (nSPS) is 30.1. The highest BCUT2D eigenvalue weighted by Gasteiger charge is 2.48. The van der Waals surface area contributed by atoms with E-state index in [2.05, 4.69) is 10.2 Å². The molecule has 1 aromatic carbocycles. The summed E-state index contributed by atoms with van der Waals surface area (Å²) in [6.45, 7) is 2.64. The minimum absolute atomic E-state index is 0.176. The molecule has 4 rings (SSSR count). The maximum absolute atomic E-state index is 14.4. The first kappa shape index (κ1) is 15.1. The van der Waals surface area contributed by atoms with Crippen LogP contribution in [0.3, 0.4) is 0 Å². The van der Waals surface area contributed by atoms with E-state index in [0.29, 0.717) is 23.7 Å². The molecule has 23 heavy (non-hydrogen) atoms. The molecule has 1 saturated carbocycles. The Labute approximate surface area is 134 Å². The Balaban J connectivity index is 1.48. The molecule has 3 aliphatic rings. The van der Waals surface area contributed by atoms with Crippen LogP contribution in [-0.4, -0.2) is 40.7 Å². The number of fused-ring (bicyclic) bond motifs is 1. The van der Waals surface area contributed by atoms with Gasteiger partial charge in [0.05, 0.1) is 0 Å². The van der Waals surface area contributed by atoms with Crippen molar-refractivity contribution < 1.29 is 14.4 Å². The summed E-state index contributed by atoms with van der Waals surface area (Å²) in [5.74, 6) is -1.01. The number of hydrogen-bond acceptors (Lipinski definition) is 4. The van der Waals surface area contributed by atoms with Gasteiger partial charge in [-0.05, 0) is 56.3 Å². The van der Waals surface area contributed by atoms with E-state index in [1.807, 2.05) is 0 Å². The third-order valence-electron chi connectivity index (χ3n) is 5.78. The van der Waals surface area contributed by atoms with Gasteiger partial charge in [-0.3, -0.25) is 14.9 Å². The monoisotopic (exact) mass is 319 g/mol. The number of carbonyl (C=O) groups excluding carboxylic acids is 1. The van der Waals surface area contributed by atoms with Crippen LogP contribution in [0.1, 0.15) is 47.2 Å². The lowest BCUT2D eigenvalue weighted by molar-refractivity contribution is 0.0358. The van der Waals surface area contributed by atoms with Gasteiger partial charge in [0.2, 0.25) is 0 Å². The molecule has 1 spiro atoms. The fraction of sp³-hybridized carbons (Fsp3) is 0.588. The van der Waals surface area contributed by atoms with Crippen molar-refractivity contribution in [2.75, 3.05) is 13.1 Å². The predicted molar refractivity (Wildman–Crippen MR) is 82.8 cm³/mol. The SMILES string of the molecule is O=C(NO)c1cc(F)c2c(c1)CCN(C1CC3(CCCN3)C1)C2. The Morgan fingerprint density at radius 3 is 2.96 bits per heavy atom. The second-order valence-electron chi connectivity index (χ2n) is 7.13. The quantitative estimate of drug-likeness (QED) is 0.572. The summed E-state index contributed by atoms with van der Waals surface area (Å²) < 4.78 is 14.4. The largest absolute Gasteiger partial charge is 0.311 e. The van der Waals surface area contributed by atoms with Crippen LogP contribution in [0, 0.1) is 5.82 Å². The third kappa shape index (κ3) is 2.55. The van der Waals surface area contributed by atoms with Gasteiger partial charge in [0.15, 0.2) is 0 Å². The van der Waals surface area contributed by atoms with Gasteiger partial charge in [0.1, 0.15) is 5.82 Å². The second kappa shape index (κ2) is 5.54. The van der Waals surface area contributed by atoms with E-state index in [9.17, 15) is 9.18 Å². The van der Waals surface area contributed by atoms with Gasteiger partial charge in [-0.25, -0.2) is 9.87 Å². The zero-order chi connectivity index (χ0) is 16.0. The van der Waals surface area contributed by atoms with Crippen molar-refractivity contribution in [2.24, 2.45) is 0 Å². The number of carbonyl (C=O) groups is 1. The average Bonchev–Trinajstić information content (AvgIpc) is 3.02. The molecule has 0 bridgehead atoms. The number of amides is 1. The van der Waals surface area contributed by atoms with E-state index < -0.39 is 5.91 Å². The first-order valence-corrected chi connectivity index (χ1v) is 8.35. The van der Waals surface area contributed by atoms with E-state index in [1.165, 1.54) is 18.9 Å². The van der Waals surface area contributed by atoms with Gasteiger partial charge in [0.25, 0.3) is 5.91 Å². The summed E-state index contributed by atoms with van der Waals surface area (Å²) in [7, 11) is 0. The van der Waals surface area contributed by atoms with E-state index >= 15 is 0 Å². The van der Waals surface area contributed by atoms with Gasteiger partial charge >= 0.3 is 0 Å². The van der Waals surface area contributed by atoms with Gasteiger partial charge in [0, 0.05) is 35.8 Å². The molecule has 0 unspecified atom stereocenters. The topological polar surface area (TPSA) is 64.6 Å². The molecule has 2 fully saturated rings. The van der Waals surface area contributed by atoms with Crippen molar-refractivity contribution in [1.82, 2.24) is 15.7 Å². The second-order valence-corrected chi connectivity index (χ2v) is 7.13. The molecule has 5 nitrogen and oxygen atoms in total. The van der Waals surface area contributed by atoms with Crippen LogP contribution in [0.4, 0.5) is 4.39 Å². The van der Waals surface area contributed by atoms with Crippen LogP contribution in [0.15, 0.2) is 12.1 Å². The van der Waals surface area contributed by atoms with E-state index in [4.69, 9.17) is 5.21 Å². The lowest BCUT2D eigenvalue weighted by Crippen LogP contribution is -2.60. The van der Waals surface area contributed by atoms with Gasteiger partial charge in [-0.15, -0.1) is 0 Å². The minimum Gasteiger partial charge on any atom is -0.311 e. The Morgan fingerprint density at radius 1 is 1.43 bits per heavy atom. The molecule has 6 heteroatoms. The van der Waals surface area contributed by atoms with Crippen molar-refractivity contribution in [3.63, 3.8) is 0 Å². The number of halogens is 1. The standard InChI is InChI=1S/C17H22FN3O2/c18-15-7-12(16(22)20-23)6-11-2-5-21(10-14(11)15)13-8-17(9-13)3-1-4-19-17/h6-7,13,19,23H,1-5,8-10H2,(H,20,22). The first-order valence-electron chi connectivity index (χ1n) is 8.35. The Hall–Kier alpha value is -1.50. The Morgan fingerprint density at radius 2 is 2.26 bits per heavy atom. The highest BCUT2D eigenvalue weighted by atomic mass is 19.1. The molecule has 1 saturated heterocycles. The zero-order valence-electron chi connectivity index (χ0n) is 13.1. The molecule has 2 heterocycles. The van der Waals surface area contributed by atoms with Gasteiger partial charge < -0.3 is 5.32 Å². The summed E-state index contributed by atoms with van der Waals surface area (Å²) in [5, 5.41) is 12.3. The minimum atomic E-state index is -0.664. The van der Waals surface area contributed by atoms with Crippen molar-refractivity contribution in [2.45, 2.75) is 50.2 Å². The van der Waals surface area contributed by atoms with Crippen molar-refractivity contribution in [3.8, 4) is 0 Å². The van der Waals surface area contributed by atoms with Crippen molar-refractivity contribution in [3.05, 3.63) is 34.6 Å². The zero-order valence-corrected chi connectivity index (χ0v) is 13.1. The number of nitrogens with one attached hydrogen (secondary N) is 2. The molecule has 0 atom stereocenters. The Kier molecular flexibility index (Phi) is 3.63. The first-order chi connectivity index (χ1) is 11.1. The molecular formula is C17H22FN3O2. The molecule has 0 aromatic heterocycles. The number of rotatable bonds is 2. The summed E-state index contributed by atoms with van der Waals surface area (Å²) in [6, 6.07) is 3.45. The average molecular weight is 319 g/mol. The highest BCUT2D eigenvalue weighted by Crippen LogP contribution is 2.43. The van der Waals surface area contributed by atoms with Crippen LogP contribution in [0.25, 0.3) is 0 Å². The van der Waals surface area contributed by atoms with Gasteiger partial charge in [-0.2, -0.15) is 0 Å². The van der Waals surface area contributed by atoms with Crippen LogP contribution < -0.4 is 10.8 Å². The van der Waals surface area contributed by atoms with Crippen LogP contribution in [0.2, 0.25) is 0 Å². The van der Waals surface area contributed by atoms with E-state index in [-0.39, 0.29) is 11.4 Å². The molecule has 3 N–H and O–H groups in total. The molecular weight excluding hydrogens is 297 g/mol. The molecule has 1 aliphatic carbocycles. The third-order valence-corrected chi connectivity index (χ3v) is 5.78. The lowest BCUT2D eigenvalue weighted by Gasteiger charge is -2.51. The molecule has 0 radical (unpaired) electrons. The van der Waals surface area contributed by atoms with Crippen molar-refractivity contribution >= 4 is 5.91 Å². The summed E-state index contributed by atoms with van der Waals surface area (Å²) in [5.41, 5.74) is 3.68. The number of nitrogens with zero attached hydrogens (tertiary/aromatic N) is 1. The van der Waals surface area contributed by atoms with Crippen LogP contribution in [-0.2, 0) is 13.0 Å². The van der Waals surface area contributed by atoms with Gasteiger partial charge in [-0.1, -0.05) is 0 Å². The van der Waals surface area contributed by atoms with Crippen LogP contribution in [0.5, 0.6) is 0 Å². The number of hydrogen-bond donors (Lipinski definition) is 3. The maximum atomic E-state index is 14.4. The highest BCUT2D eigenvalue weighted by molar-refractivity contribution is 5.93. The molecule has 1 amide bonds. The smallest absolute Gasteiger partial charge is 0.274 e. The fourth-order valence-corrected chi connectivity index (χ4v) is 4.46. The van der Waals surface area contributed by atoms with E-state index in [1.54, 1.807) is 11.5 Å². The molecule has 1 aromatic rings. The fourth-order valence-electron chi connectivity index (χ4n) is 4.46. The van der Waals surface area contributed by atoms with Crippen LogP contribution >= 0.6 is 0 Å². The van der Waals surface area contributed by atoms with E-state index in [0.717, 1.165) is 37.9 Å². The number of hydroxylamine groups is 1. The predicted octanol–water partition coefficient (Wildman–Crippen LogP) is 1.59. The van der Waals surface area contributed by atoms with Crippen molar-refractivity contribution in [1.29, 1.82) is 0 Å². The molecule has 2 aliphatic heterocycles. The lowest BCUT2D eigenvalue weighted by atomic mass is 9.70. The summed E-state index contributed by atoms with van der Waals surface area (Å²) in [6.07, 6.45) is 5.60. The summed E-state index contributed by atoms with van der Waals surface area (Å²) in [4.78, 5) is 13.9.